The maximum atomic E-state index is 11.0. The molecule has 0 aromatic heterocycles. The Hall–Kier alpha value is -1.20. The van der Waals surface area contributed by atoms with Crippen LogP contribution in [0.2, 0.25) is 0 Å². The average Bonchev–Trinajstić information content (AvgIpc) is 2.15. The van der Waals surface area contributed by atoms with Gasteiger partial charge in [-0.05, 0) is 18.6 Å². The van der Waals surface area contributed by atoms with Gasteiger partial charge in [0.2, 0.25) is 10.9 Å². The Morgan fingerprint density at radius 1 is 1.43 bits per heavy atom. The van der Waals surface area contributed by atoms with Crippen LogP contribution in [0.1, 0.15) is 22.8 Å². The third kappa shape index (κ3) is 3.27. The second-order valence-corrected chi connectivity index (χ2v) is 3.68. The van der Waals surface area contributed by atoms with Gasteiger partial charge in [-0.3, -0.25) is 4.79 Å². The standard InChI is InChI=1S/C9H11NO3S/c1-7(11)9-4-2-3-8(5-9)6-10-14(12)13/h2-5,14H,6H2,1H3,(H,10,12,13). The normalized spacial score (nSPS) is 10.4. The number of carbonyl (C=O) groups excluding carboxylic acids is 1. The van der Waals surface area contributed by atoms with Gasteiger partial charge in [-0.15, -0.1) is 0 Å². The second-order valence-electron chi connectivity index (χ2n) is 2.85. The molecule has 0 aliphatic carbocycles. The van der Waals surface area contributed by atoms with E-state index < -0.39 is 10.9 Å². The number of hydrogen-bond donors (Lipinski definition) is 2. The molecule has 1 aromatic carbocycles. The topological polar surface area (TPSA) is 63.2 Å². The van der Waals surface area contributed by atoms with Crippen LogP contribution in [0.25, 0.3) is 0 Å². The molecule has 0 spiro atoms. The number of thiol groups is 1. The van der Waals surface area contributed by atoms with E-state index >= 15 is 0 Å². The number of nitrogens with one attached hydrogen (secondary N) is 1. The minimum atomic E-state index is -2.58. The molecule has 1 rings (SSSR count). The van der Waals surface area contributed by atoms with Gasteiger partial charge in [0.05, 0.1) is 0 Å². The zero-order valence-corrected chi connectivity index (χ0v) is 8.58. The Bertz CT molecular complexity index is 404. The van der Waals surface area contributed by atoms with Crippen molar-refractivity contribution in [1.29, 1.82) is 0 Å². The highest BCUT2D eigenvalue weighted by molar-refractivity contribution is 7.70. The monoisotopic (exact) mass is 213 g/mol. The highest BCUT2D eigenvalue weighted by Gasteiger charge is 1.99. The van der Waals surface area contributed by atoms with Crippen LogP contribution in [0, 0.1) is 0 Å². The third-order valence-corrected chi connectivity index (χ3v) is 2.16. The molecule has 0 amide bonds. The van der Waals surface area contributed by atoms with Crippen LogP contribution in [0.3, 0.4) is 0 Å². The van der Waals surface area contributed by atoms with E-state index in [9.17, 15) is 13.2 Å². The van der Waals surface area contributed by atoms with E-state index in [1.807, 2.05) is 0 Å². The predicted molar refractivity (Wildman–Crippen MR) is 53.6 cm³/mol. The van der Waals surface area contributed by atoms with E-state index in [4.69, 9.17) is 0 Å². The first-order valence-electron chi connectivity index (χ1n) is 4.07. The Balaban J connectivity index is 2.78. The molecule has 0 saturated carbocycles. The van der Waals surface area contributed by atoms with Crippen molar-refractivity contribution in [3.05, 3.63) is 35.4 Å². The molecule has 0 bridgehead atoms. The summed E-state index contributed by atoms with van der Waals surface area (Å²) in [5.74, 6) is -0.0293. The van der Waals surface area contributed by atoms with Gasteiger partial charge < -0.3 is 0 Å². The Kier molecular flexibility index (Phi) is 3.79. The van der Waals surface area contributed by atoms with Crippen LogP contribution >= 0.6 is 0 Å². The molecule has 0 unspecified atom stereocenters. The van der Waals surface area contributed by atoms with Crippen LogP contribution in [-0.4, -0.2) is 14.2 Å². The molecule has 0 aliphatic heterocycles. The van der Waals surface area contributed by atoms with Gasteiger partial charge in [0.25, 0.3) is 0 Å². The maximum absolute atomic E-state index is 11.0. The molecular weight excluding hydrogens is 202 g/mol. The molecule has 76 valence electrons. The molecule has 14 heavy (non-hydrogen) atoms. The zero-order valence-electron chi connectivity index (χ0n) is 7.69. The predicted octanol–water partition coefficient (Wildman–Crippen LogP) is 0.505. The third-order valence-electron chi connectivity index (χ3n) is 1.75. The average molecular weight is 213 g/mol. The highest BCUT2D eigenvalue weighted by Crippen LogP contribution is 2.05. The first kappa shape index (κ1) is 10.9. The number of ketones is 1. The van der Waals surface area contributed by atoms with Crippen molar-refractivity contribution >= 4 is 16.7 Å². The summed E-state index contributed by atoms with van der Waals surface area (Å²) >= 11 is 0. The van der Waals surface area contributed by atoms with Crippen LogP contribution < -0.4 is 4.72 Å². The summed E-state index contributed by atoms with van der Waals surface area (Å²) in [4.78, 5) is 11.0. The van der Waals surface area contributed by atoms with Crippen molar-refractivity contribution in [1.82, 2.24) is 4.72 Å². The van der Waals surface area contributed by atoms with E-state index in [1.165, 1.54) is 6.92 Å². The molecule has 1 aromatic rings. The molecule has 0 atom stereocenters. The largest absolute Gasteiger partial charge is 0.295 e. The van der Waals surface area contributed by atoms with Gasteiger partial charge in [0.15, 0.2) is 5.78 Å². The van der Waals surface area contributed by atoms with Crippen molar-refractivity contribution in [3.8, 4) is 0 Å². The van der Waals surface area contributed by atoms with Crippen LogP contribution in [-0.2, 0) is 17.4 Å². The summed E-state index contributed by atoms with van der Waals surface area (Å²) in [6.45, 7) is 1.69. The quantitative estimate of drug-likeness (QED) is 0.565. The molecule has 5 heteroatoms. The van der Waals surface area contributed by atoms with E-state index in [0.29, 0.717) is 5.56 Å². The SMILES string of the molecule is CC(=O)c1cccc(CN[SH](=O)=O)c1. The minimum Gasteiger partial charge on any atom is -0.295 e. The lowest BCUT2D eigenvalue weighted by atomic mass is 10.1. The van der Waals surface area contributed by atoms with Gasteiger partial charge >= 0.3 is 0 Å². The molecule has 4 nitrogen and oxygen atoms in total. The summed E-state index contributed by atoms with van der Waals surface area (Å²) < 4.78 is 22.8. The molecule has 0 fully saturated rings. The van der Waals surface area contributed by atoms with Gasteiger partial charge in [-0.1, -0.05) is 18.2 Å². The van der Waals surface area contributed by atoms with Crippen molar-refractivity contribution in [2.75, 3.05) is 0 Å². The van der Waals surface area contributed by atoms with Crippen LogP contribution in [0.15, 0.2) is 24.3 Å². The van der Waals surface area contributed by atoms with Gasteiger partial charge in [-0.25, -0.2) is 13.1 Å². The minimum absolute atomic E-state index is 0.0293. The first-order chi connectivity index (χ1) is 6.59. The molecule has 0 radical (unpaired) electrons. The van der Waals surface area contributed by atoms with Crippen LogP contribution in [0.5, 0.6) is 0 Å². The smallest absolute Gasteiger partial charge is 0.201 e. The summed E-state index contributed by atoms with van der Waals surface area (Å²) in [5, 5.41) is 0. The number of hydrogen-bond acceptors (Lipinski definition) is 3. The maximum Gasteiger partial charge on any atom is 0.201 e. The highest BCUT2D eigenvalue weighted by atomic mass is 32.2. The van der Waals surface area contributed by atoms with Crippen molar-refractivity contribution in [3.63, 3.8) is 0 Å². The summed E-state index contributed by atoms with van der Waals surface area (Å²) in [7, 11) is -2.58. The van der Waals surface area contributed by atoms with Gasteiger partial charge in [0, 0.05) is 12.1 Å². The molecular formula is C9H11NO3S. The van der Waals surface area contributed by atoms with E-state index in [1.54, 1.807) is 24.3 Å². The molecule has 1 N–H and O–H groups in total. The van der Waals surface area contributed by atoms with Crippen molar-refractivity contribution in [2.45, 2.75) is 13.5 Å². The van der Waals surface area contributed by atoms with E-state index in [-0.39, 0.29) is 12.3 Å². The lowest BCUT2D eigenvalue weighted by Gasteiger charge is -2.00. The molecule has 0 heterocycles. The second kappa shape index (κ2) is 4.88. The Morgan fingerprint density at radius 3 is 2.71 bits per heavy atom. The number of benzene rings is 1. The fourth-order valence-corrected chi connectivity index (χ4v) is 1.37. The number of Topliss-reactive ketones (excluding diaryl/α,β-unsaturated/α-hetero) is 1. The molecule has 0 aliphatic rings. The lowest BCUT2D eigenvalue weighted by molar-refractivity contribution is 0.101. The molecule has 0 saturated heterocycles. The van der Waals surface area contributed by atoms with Gasteiger partial charge in [0.1, 0.15) is 0 Å². The van der Waals surface area contributed by atoms with Crippen molar-refractivity contribution in [2.24, 2.45) is 0 Å². The summed E-state index contributed by atoms with van der Waals surface area (Å²) in [6, 6.07) is 6.86. The lowest BCUT2D eigenvalue weighted by Crippen LogP contribution is -2.10. The first-order valence-corrected chi connectivity index (χ1v) is 5.25. The fourth-order valence-electron chi connectivity index (χ4n) is 1.06. The van der Waals surface area contributed by atoms with E-state index in [2.05, 4.69) is 4.72 Å². The van der Waals surface area contributed by atoms with Crippen LogP contribution in [0.4, 0.5) is 0 Å². The fraction of sp³-hybridized carbons (Fsp3) is 0.222. The number of rotatable bonds is 4. The summed E-state index contributed by atoms with van der Waals surface area (Å²) in [6.07, 6.45) is 0. The summed E-state index contributed by atoms with van der Waals surface area (Å²) in [5.41, 5.74) is 1.36. The van der Waals surface area contributed by atoms with E-state index in [0.717, 1.165) is 5.56 Å². The number of carbonyl (C=O) groups is 1. The Morgan fingerprint density at radius 2 is 2.14 bits per heavy atom. The zero-order chi connectivity index (χ0) is 10.6. The Labute approximate surface area is 84.0 Å². The van der Waals surface area contributed by atoms with Crippen molar-refractivity contribution < 1.29 is 13.2 Å². The van der Waals surface area contributed by atoms with Gasteiger partial charge in [-0.2, -0.15) is 0 Å².